The van der Waals surface area contributed by atoms with E-state index in [4.69, 9.17) is 0 Å². The average molecular weight is 341 g/mol. The Hall–Kier alpha value is -1.98. The fourth-order valence-electron chi connectivity index (χ4n) is 3.51. The van der Waals surface area contributed by atoms with Gasteiger partial charge in [-0.25, -0.2) is 4.98 Å². The van der Waals surface area contributed by atoms with E-state index in [1.165, 1.54) is 5.56 Å². The number of benzene rings is 1. The number of nitrogens with zero attached hydrogens (tertiary/aromatic N) is 3. The number of likely N-dealkylation sites (tertiary alicyclic amines) is 1. The average Bonchev–Trinajstić information content (AvgIpc) is 3.06. The van der Waals surface area contributed by atoms with E-state index in [1.807, 2.05) is 49.0 Å². The second-order valence-corrected chi connectivity index (χ2v) is 7.06. The van der Waals surface area contributed by atoms with Crippen LogP contribution in [0.5, 0.6) is 0 Å². The molecule has 0 amide bonds. The van der Waals surface area contributed by atoms with E-state index in [9.17, 15) is 9.90 Å². The van der Waals surface area contributed by atoms with Crippen LogP contribution >= 0.6 is 0 Å². The SMILES string of the molecule is Cc1ccc(C(=O)CCN2CCC([C@H](O)c3nccn3C)CC2)cc1. The van der Waals surface area contributed by atoms with E-state index in [0.29, 0.717) is 6.42 Å². The van der Waals surface area contributed by atoms with Gasteiger partial charge >= 0.3 is 0 Å². The van der Waals surface area contributed by atoms with Crippen LogP contribution in [0.1, 0.15) is 47.1 Å². The Balaban J connectivity index is 1.45. The van der Waals surface area contributed by atoms with Crippen LogP contribution in [0.4, 0.5) is 0 Å². The number of rotatable bonds is 6. The molecule has 1 aromatic heterocycles. The zero-order valence-corrected chi connectivity index (χ0v) is 15.1. The molecule has 0 aliphatic carbocycles. The van der Waals surface area contributed by atoms with Gasteiger partial charge in [-0.1, -0.05) is 29.8 Å². The highest BCUT2D eigenvalue weighted by Crippen LogP contribution is 2.29. The summed E-state index contributed by atoms with van der Waals surface area (Å²) in [6, 6.07) is 7.79. The first-order valence-electron chi connectivity index (χ1n) is 9.02. The van der Waals surface area contributed by atoms with E-state index >= 15 is 0 Å². The standard InChI is InChI=1S/C20H27N3O2/c1-15-3-5-16(6-4-15)18(24)9-13-23-11-7-17(8-12-23)19(25)20-21-10-14-22(20)2/h3-6,10,14,17,19,25H,7-9,11-13H2,1-2H3/t19-/m0/s1. The first-order valence-corrected chi connectivity index (χ1v) is 9.02. The zero-order chi connectivity index (χ0) is 17.8. The molecule has 0 bridgehead atoms. The molecular weight excluding hydrogens is 314 g/mol. The molecule has 2 aromatic rings. The first kappa shape index (κ1) is 17.8. The smallest absolute Gasteiger partial charge is 0.164 e. The van der Waals surface area contributed by atoms with Crippen molar-refractivity contribution in [2.45, 2.75) is 32.3 Å². The predicted octanol–water partition coefficient (Wildman–Crippen LogP) is 2.75. The van der Waals surface area contributed by atoms with Gasteiger partial charge in [0.1, 0.15) is 11.9 Å². The van der Waals surface area contributed by atoms with Gasteiger partial charge in [0.25, 0.3) is 0 Å². The summed E-state index contributed by atoms with van der Waals surface area (Å²) < 4.78 is 1.89. The normalized spacial score (nSPS) is 17.6. The molecular formula is C20H27N3O2. The van der Waals surface area contributed by atoms with Crippen LogP contribution < -0.4 is 0 Å². The molecule has 0 spiro atoms. The number of Topliss-reactive ketones (excluding diaryl/α,β-unsaturated/α-hetero) is 1. The number of hydrogen-bond acceptors (Lipinski definition) is 4. The molecule has 3 rings (SSSR count). The third-order valence-electron chi connectivity index (χ3n) is 5.23. The van der Waals surface area contributed by atoms with Crippen molar-refractivity contribution in [3.05, 3.63) is 53.6 Å². The van der Waals surface area contributed by atoms with Crippen molar-refractivity contribution in [1.82, 2.24) is 14.5 Å². The summed E-state index contributed by atoms with van der Waals surface area (Å²) >= 11 is 0. The maximum Gasteiger partial charge on any atom is 0.164 e. The third kappa shape index (κ3) is 4.35. The molecule has 0 unspecified atom stereocenters. The van der Waals surface area contributed by atoms with Gasteiger partial charge in [0, 0.05) is 38.0 Å². The number of ketones is 1. The molecule has 1 fully saturated rings. The van der Waals surface area contributed by atoms with E-state index in [0.717, 1.165) is 43.9 Å². The quantitative estimate of drug-likeness (QED) is 0.821. The van der Waals surface area contributed by atoms with Crippen LogP contribution in [0.15, 0.2) is 36.7 Å². The molecule has 2 heterocycles. The van der Waals surface area contributed by atoms with Crippen LogP contribution in [0.2, 0.25) is 0 Å². The maximum absolute atomic E-state index is 12.3. The molecule has 5 nitrogen and oxygen atoms in total. The van der Waals surface area contributed by atoms with E-state index in [1.54, 1.807) is 6.20 Å². The zero-order valence-electron chi connectivity index (χ0n) is 15.1. The molecule has 0 radical (unpaired) electrons. The van der Waals surface area contributed by atoms with Crippen molar-refractivity contribution >= 4 is 5.78 Å². The lowest BCUT2D eigenvalue weighted by atomic mass is 9.90. The minimum Gasteiger partial charge on any atom is -0.385 e. The first-order chi connectivity index (χ1) is 12.0. The Morgan fingerprint density at radius 3 is 2.56 bits per heavy atom. The number of aryl methyl sites for hydroxylation is 2. The van der Waals surface area contributed by atoms with Crippen molar-refractivity contribution in [2.75, 3.05) is 19.6 Å². The van der Waals surface area contributed by atoms with Gasteiger partial charge in [0.2, 0.25) is 0 Å². The van der Waals surface area contributed by atoms with Crippen LogP contribution in [0.3, 0.4) is 0 Å². The molecule has 25 heavy (non-hydrogen) atoms. The monoisotopic (exact) mass is 341 g/mol. The second-order valence-electron chi connectivity index (χ2n) is 7.06. The Morgan fingerprint density at radius 2 is 1.96 bits per heavy atom. The largest absolute Gasteiger partial charge is 0.385 e. The van der Waals surface area contributed by atoms with Crippen LogP contribution in [0, 0.1) is 12.8 Å². The molecule has 1 aliphatic rings. The molecule has 1 N–H and O–H groups in total. The van der Waals surface area contributed by atoms with Crippen LogP contribution in [-0.4, -0.2) is 45.0 Å². The lowest BCUT2D eigenvalue weighted by Crippen LogP contribution is -2.37. The Labute approximate surface area is 149 Å². The van der Waals surface area contributed by atoms with Crippen molar-refractivity contribution in [3.63, 3.8) is 0 Å². The Kier molecular flexibility index (Phi) is 5.66. The number of aliphatic hydroxyl groups is 1. The van der Waals surface area contributed by atoms with E-state index in [2.05, 4.69) is 9.88 Å². The van der Waals surface area contributed by atoms with Gasteiger partial charge in [-0.2, -0.15) is 0 Å². The lowest BCUT2D eigenvalue weighted by molar-refractivity contribution is 0.0503. The summed E-state index contributed by atoms with van der Waals surface area (Å²) in [6.45, 7) is 4.66. The number of aromatic nitrogens is 2. The van der Waals surface area contributed by atoms with Crippen LogP contribution in [-0.2, 0) is 7.05 Å². The third-order valence-corrected chi connectivity index (χ3v) is 5.23. The second kappa shape index (κ2) is 7.93. The molecule has 5 heteroatoms. The number of aliphatic hydroxyl groups excluding tert-OH is 1. The van der Waals surface area contributed by atoms with Crippen molar-refractivity contribution in [3.8, 4) is 0 Å². The van der Waals surface area contributed by atoms with Crippen molar-refractivity contribution in [1.29, 1.82) is 0 Å². The van der Waals surface area contributed by atoms with Crippen molar-refractivity contribution < 1.29 is 9.90 Å². The molecule has 1 aromatic carbocycles. The maximum atomic E-state index is 12.3. The molecule has 1 atom stereocenters. The summed E-state index contributed by atoms with van der Waals surface area (Å²) in [6.07, 6.45) is 5.51. The number of carbonyl (C=O) groups excluding carboxylic acids is 1. The lowest BCUT2D eigenvalue weighted by Gasteiger charge is -2.33. The molecule has 134 valence electrons. The minimum absolute atomic E-state index is 0.204. The van der Waals surface area contributed by atoms with E-state index < -0.39 is 6.10 Å². The highest BCUT2D eigenvalue weighted by Gasteiger charge is 2.28. The minimum atomic E-state index is -0.503. The van der Waals surface area contributed by atoms with Gasteiger partial charge < -0.3 is 14.6 Å². The van der Waals surface area contributed by atoms with Crippen molar-refractivity contribution in [2.24, 2.45) is 13.0 Å². The van der Waals surface area contributed by atoms with Gasteiger partial charge in [0.15, 0.2) is 5.78 Å². The number of piperidine rings is 1. The molecule has 0 saturated carbocycles. The number of imidazole rings is 1. The Morgan fingerprint density at radius 1 is 1.28 bits per heavy atom. The summed E-state index contributed by atoms with van der Waals surface area (Å²) in [5.74, 6) is 1.19. The fourth-order valence-corrected chi connectivity index (χ4v) is 3.51. The van der Waals surface area contributed by atoms with E-state index in [-0.39, 0.29) is 11.7 Å². The summed E-state index contributed by atoms with van der Waals surface area (Å²) in [7, 11) is 1.91. The van der Waals surface area contributed by atoms with Gasteiger partial charge in [0.05, 0.1) is 0 Å². The molecule has 1 saturated heterocycles. The Bertz CT molecular complexity index is 700. The van der Waals surface area contributed by atoms with Crippen LogP contribution in [0.25, 0.3) is 0 Å². The van der Waals surface area contributed by atoms with Gasteiger partial charge in [-0.15, -0.1) is 0 Å². The fraction of sp³-hybridized carbons (Fsp3) is 0.500. The highest BCUT2D eigenvalue weighted by atomic mass is 16.3. The number of carbonyl (C=O) groups is 1. The topological polar surface area (TPSA) is 58.4 Å². The number of hydrogen-bond donors (Lipinski definition) is 1. The summed E-state index contributed by atoms with van der Waals surface area (Å²) in [5.41, 5.74) is 1.97. The highest BCUT2D eigenvalue weighted by molar-refractivity contribution is 5.96. The molecule has 1 aliphatic heterocycles. The summed E-state index contributed by atoms with van der Waals surface area (Å²) in [5, 5.41) is 10.5. The summed E-state index contributed by atoms with van der Waals surface area (Å²) in [4.78, 5) is 18.9. The van der Waals surface area contributed by atoms with Gasteiger partial charge in [-0.05, 0) is 38.8 Å². The van der Waals surface area contributed by atoms with Gasteiger partial charge in [-0.3, -0.25) is 4.79 Å². The predicted molar refractivity (Wildman–Crippen MR) is 97.5 cm³/mol.